The van der Waals surface area contributed by atoms with Gasteiger partial charge in [-0.25, -0.2) is 0 Å². The van der Waals surface area contributed by atoms with Gasteiger partial charge in [-0.3, -0.25) is 4.79 Å². The van der Waals surface area contributed by atoms with Crippen LogP contribution in [0, 0.1) is 0 Å². The Kier molecular flexibility index (Phi) is 4.03. The van der Waals surface area contributed by atoms with Crippen molar-refractivity contribution >= 4 is 21.8 Å². The van der Waals surface area contributed by atoms with E-state index in [1.165, 1.54) is 31.1 Å². The first-order chi connectivity index (χ1) is 7.70. The normalized spacial score (nSPS) is 11.2. The molecule has 0 spiro atoms. The molecule has 0 aliphatic rings. The summed E-state index contributed by atoms with van der Waals surface area (Å²) in [5.41, 5.74) is 0.123. The topological polar surface area (TPSA) is 29.5 Å². The largest absolute Gasteiger partial charge is 0.573 e. The zero-order valence-electron chi connectivity index (χ0n) is 9.01. The standard InChI is InChI=1S/C10H9BrF3NO2/c1-15(2)9(16)6-3-4-7(11)8(5-6)17-10(12,13)14/h3-5H,1-2H3. The van der Waals surface area contributed by atoms with E-state index in [4.69, 9.17) is 0 Å². The molecule has 0 radical (unpaired) electrons. The zero-order valence-corrected chi connectivity index (χ0v) is 10.6. The van der Waals surface area contributed by atoms with E-state index in [1.54, 1.807) is 0 Å². The average molecular weight is 312 g/mol. The van der Waals surface area contributed by atoms with Gasteiger partial charge in [0.15, 0.2) is 0 Å². The lowest BCUT2D eigenvalue weighted by molar-refractivity contribution is -0.274. The van der Waals surface area contributed by atoms with Crippen molar-refractivity contribution in [2.45, 2.75) is 6.36 Å². The summed E-state index contributed by atoms with van der Waals surface area (Å²) in [6, 6.07) is 3.79. The minimum Gasteiger partial charge on any atom is -0.405 e. The number of nitrogens with zero attached hydrogens (tertiary/aromatic N) is 1. The first-order valence-electron chi connectivity index (χ1n) is 4.47. The van der Waals surface area contributed by atoms with Gasteiger partial charge in [0.05, 0.1) is 4.47 Å². The molecule has 7 heteroatoms. The van der Waals surface area contributed by atoms with Crippen LogP contribution in [0.1, 0.15) is 10.4 Å². The van der Waals surface area contributed by atoms with Crippen LogP contribution in [-0.2, 0) is 0 Å². The molecule has 17 heavy (non-hydrogen) atoms. The van der Waals surface area contributed by atoms with E-state index in [9.17, 15) is 18.0 Å². The fraction of sp³-hybridized carbons (Fsp3) is 0.300. The van der Waals surface area contributed by atoms with Crippen LogP contribution < -0.4 is 4.74 Å². The predicted molar refractivity (Wildman–Crippen MR) is 58.8 cm³/mol. The highest BCUT2D eigenvalue weighted by molar-refractivity contribution is 9.10. The third kappa shape index (κ3) is 3.92. The highest BCUT2D eigenvalue weighted by Gasteiger charge is 2.32. The van der Waals surface area contributed by atoms with Crippen LogP contribution in [0.4, 0.5) is 13.2 Å². The minimum atomic E-state index is -4.79. The van der Waals surface area contributed by atoms with Gasteiger partial charge in [-0.05, 0) is 34.1 Å². The molecule has 0 aliphatic carbocycles. The number of carbonyl (C=O) groups is 1. The Morgan fingerprint density at radius 2 is 1.94 bits per heavy atom. The Hall–Kier alpha value is -1.24. The summed E-state index contributed by atoms with van der Waals surface area (Å²) in [5.74, 6) is -0.838. The van der Waals surface area contributed by atoms with Crippen LogP contribution in [0.2, 0.25) is 0 Å². The van der Waals surface area contributed by atoms with Crippen molar-refractivity contribution in [2.75, 3.05) is 14.1 Å². The van der Waals surface area contributed by atoms with E-state index >= 15 is 0 Å². The van der Waals surface area contributed by atoms with Crippen molar-refractivity contribution in [3.63, 3.8) is 0 Å². The van der Waals surface area contributed by atoms with Gasteiger partial charge in [0.25, 0.3) is 5.91 Å². The van der Waals surface area contributed by atoms with Crippen molar-refractivity contribution in [3.8, 4) is 5.75 Å². The molecule has 94 valence electrons. The van der Waals surface area contributed by atoms with E-state index in [-0.39, 0.29) is 10.0 Å². The van der Waals surface area contributed by atoms with Crippen molar-refractivity contribution in [3.05, 3.63) is 28.2 Å². The zero-order chi connectivity index (χ0) is 13.2. The Bertz CT molecular complexity index is 432. The van der Waals surface area contributed by atoms with E-state index in [0.717, 1.165) is 6.07 Å². The molecule has 0 aromatic heterocycles. The van der Waals surface area contributed by atoms with Gasteiger partial charge in [0.1, 0.15) is 5.75 Å². The number of amides is 1. The van der Waals surface area contributed by atoms with Gasteiger partial charge in [-0.15, -0.1) is 13.2 Å². The maximum atomic E-state index is 12.1. The number of halogens is 4. The van der Waals surface area contributed by atoms with Crippen LogP contribution in [0.25, 0.3) is 0 Å². The molecular weight excluding hydrogens is 303 g/mol. The number of hydrogen-bond donors (Lipinski definition) is 0. The lowest BCUT2D eigenvalue weighted by Crippen LogP contribution is -2.22. The number of alkyl halides is 3. The second kappa shape index (κ2) is 4.95. The summed E-state index contributed by atoms with van der Waals surface area (Å²) in [7, 11) is 3.02. The molecule has 0 unspecified atom stereocenters. The quantitative estimate of drug-likeness (QED) is 0.840. The minimum absolute atomic E-state index is 0.123. The molecule has 1 amide bonds. The maximum Gasteiger partial charge on any atom is 0.573 e. The summed E-state index contributed by atoms with van der Waals surface area (Å²) >= 11 is 2.92. The highest BCUT2D eigenvalue weighted by Crippen LogP contribution is 2.31. The summed E-state index contributed by atoms with van der Waals surface area (Å²) in [4.78, 5) is 12.8. The van der Waals surface area contributed by atoms with Gasteiger partial charge in [-0.2, -0.15) is 0 Å². The molecule has 0 bridgehead atoms. The fourth-order valence-corrected chi connectivity index (χ4v) is 1.43. The molecule has 0 N–H and O–H groups in total. The molecule has 0 saturated heterocycles. The van der Waals surface area contributed by atoms with Crippen LogP contribution >= 0.6 is 15.9 Å². The molecule has 1 aromatic carbocycles. The lowest BCUT2D eigenvalue weighted by atomic mass is 10.2. The molecule has 3 nitrogen and oxygen atoms in total. The van der Waals surface area contributed by atoms with E-state index < -0.39 is 18.0 Å². The SMILES string of the molecule is CN(C)C(=O)c1ccc(Br)c(OC(F)(F)F)c1. The van der Waals surface area contributed by atoms with Crippen LogP contribution in [0.5, 0.6) is 5.75 Å². The summed E-state index contributed by atoms with van der Waals surface area (Å²) in [5, 5.41) is 0. The Labute approximate surface area is 104 Å². The molecule has 0 aliphatic heterocycles. The van der Waals surface area contributed by atoms with Crippen LogP contribution in [0.3, 0.4) is 0 Å². The maximum absolute atomic E-state index is 12.1. The predicted octanol–water partition coefficient (Wildman–Crippen LogP) is 3.05. The number of hydrogen-bond acceptors (Lipinski definition) is 2. The molecule has 0 heterocycles. The average Bonchev–Trinajstić information content (AvgIpc) is 2.18. The smallest absolute Gasteiger partial charge is 0.405 e. The number of benzene rings is 1. The highest BCUT2D eigenvalue weighted by atomic mass is 79.9. The third-order valence-corrected chi connectivity index (χ3v) is 2.47. The van der Waals surface area contributed by atoms with Gasteiger partial charge in [0.2, 0.25) is 0 Å². The Morgan fingerprint density at radius 1 is 1.35 bits per heavy atom. The number of rotatable bonds is 2. The third-order valence-electron chi connectivity index (χ3n) is 1.81. The number of ether oxygens (including phenoxy) is 1. The van der Waals surface area contributed by atoms with Crippen molar-refractivity contribution < 1.29 is 22.7 Å². The Balaban J connectivity index is 3.07. The fourth-order valence-electron chi connectivity index (χ4n) is 1.10. The first-order valence-corrected chi connectivity index (χ1v) is 5.27. The molecule has 1 aromatic rings. The van der Waals surface area contributed by atoms with Gasteiger partial charge >= 0.3 is 6.36 Å². The van der Waals surface area contributed by atoms with E-state index in [2.05, 4.69) is 20.7 Å². The molecular formula is C10H9BrF3NO2. The van der Waals surface area contributed by atoms with Crippen molar-refractivity contribution in [2.24, 2.45) is 0 Å². The Morgan fingerprint density at radius 3 is 2.41 bits per heavy atom. The van der Waals surface area contributed by atoms with Crippen molar-refractivity contribution in [1.29, 1.82) is 0 Å². The molecule has 0 fully saturated rings. The molecule has 0 saturated carbocycles. The molecule has 0 atom stereocenters. The summed E-state index contributed by atoms with van der Waals surface area (Å²) in [6.07, 6.45) is -4.79. The number of carbonyl (C=O) groups excluding carboxylic acids is 1. The van der Waals surface area contributed by atoms with Crippen LogP contribution in [0.15, 0.2) is 22.7 Å². The second-order valence-corrected chi connectivity index (χ2v) is 4.25. The first kappa shape index (κ1) is 13.8. The monoisotopic (exact) mass is 311 g/mol. The molecule has 1 rings (SSSR count). The van der Waals surface area contributed by atoms with Crippen molar-refractivity contribution in [1.82, 2.24) is 4.90 Å². The van der Waals surface area contributed by atoms with Gasteiger partial charge < -0.3 is 9.64 Å². The van der Waals surface area contributed by atoms with E-state index in [1.807, 2.05) is 0 Å². The summed E-state index contributed by atoms with van der Waals surface area (Å²) < 4.78 is 40.1. The van der Waals surface area contributed by atoms with Gasteiger partial charge in [0, 0.05) is 19.7 Å². The summed E-state index contributed by atoms with van der Waals surface area (Å²) in [6.45, 7) is 0. The van der Waals surface area contributed by atoms with Crippen LogP contribution in [-0.4, -0.2) is 31.3 Å². The van der Waals surface area contributed by atoms with Gasteiger partial charge in [-0.1, -0.05) is 0 Å². The second-order valence-electron chi connectivity index (χ2n) is 3.39. The lowest BCUT2D eigenvalue weighted by Gasteiger charge is -2.14. The van der Waals surface area contributed by atoms with E-state index in [0.29, 0.717) is 0 Å².